The van der Waals surface area contributed by atoms with Crippen molar-refractivity contribution in [3.8, 4) is 5.75 Å². The van der Waals surface area contributed by atoms with Gasteiger partial charge in [-0.2, -0.15) is 0 Å². The summed E-state index contributed by atoms with van der Waals surface area (Å²) in [6, 6.07) is 5.47. The van der Waals surface area contributed by atoms with E-state index in [1.807, 2.05) is 12.1 Å². The van der Waals surface area contributed by atoms with Crippen molar-refractivity contribution in [3.05, 3.63) is 28.2 Å². The molecule has 1 atom stereocenters. The summed E-state index contributed by atoms with van der Waals surface area (Å²) < 4.78 is 11.1. The smallest absolute Gasteiger partial charge is 0.332 e. The number of hydrogen-bond donors (Lipinski definition) is 1. The van der Waals surface area contributed by atoms with Crippen LogP contribution in [0.4, 0.5) is 0 Å². The number of carbonyl (C=O) groups is 1. The Kier molecular flexibility index (Phi) is 4.76. The zero-order valence-corrected chi connectivity index (χ0v) is 10.7. The molecule has 0 aromatic heterocycles. The van der Waals surface area contributed by atoms with E-state index >= 15 is 0 Å². The molecule has 5 heteroatoms. The quantitative estimate of drug-likeness (QED) is 0.904. The molecule has 0 aliphatic carbocycles. The van der Waals surface area contributed by atoms with Crippen molar-refractivity contribution in [1.82, 2.24) is 0 Å². The van der Waals surface area contributed by atoms with Gasteiger partial charge in [0.15, 0.2) is 6.10 Å². The Hall–Kier alpha value is -1.07. The molecule has 0 amide bonds. The summed E-state index contributed by atoms with van der Waals surface area (Å²) >= 11 is 3.35. The van der Waals surface area contributed by atoms with Crippen molar-refractivity contribution in [3.63, 3.8) is 0 Å². The molecule has 0 bridgehead atoms. The second kappa shape index (κ2) is 5.86. The lowest BCUT2D eigenvalue weighted by atomic mass is 10.2. The Bertz CT molecular complexity index is 378. The molecule has 0 unspecified atom stereocenters. The third kappa shape index (κ3) is 3.50. The van der Waals surface area contributed by atoms with Gasteiger partial charge in [-0.15, -0.1) is 0 Å². The van der Waals surface area contributed by atoms with Crippen LogP contribution in [0.25, 0.3) is 0 Å². The van der Waals surface area contributed by atoms with Crippen LogP contribution >= 0.6 is 15.9 Å². The van der Waals surface area contributed by atoms with Gasteiger partial charge in [0.05, 0.1) is 18.2 Å². The minimum atomic E-state index is -0.965. The van der Waals surface area contributed by atoms with Crippen LogP contribution in [0.15, 0.2) is 22.7 Å². The lowest BCUT2D eigenvalue weighted by Crippen LogP contribution is -2.19. The first-order valence-corrected chi connectivity index (χ1v) is 5.50. The highest BCUT2D eigenvalue weighted by Crippen LogP contribution is 2.25. The Morgan fingerprint density at radius 3 is 2.75 bits per heavy atom. The summed E-state index contributed by atoms with van der Waals surface area (Å²) in [5.41, 5.74) is 0.890. The van der Waals surface area contributed by atoms with Gasteiger partial charge in [0.25, 0.3) is 0 Å². The Labute approximate surface area is 102 Å². The third-order valence-corrected chi connectivity index (χ3v) is 2.68. The van der Waals surface area contributed by atoms with E-state index in [9.17, 15) is 4.79 Å². The average molecular weight is 289 g/mol. The summed E-state index contributed by atoms with van der Waals surface area (Å²) in [7, 11) is 1.59. The highest BCUT2D eigenvalue weighted by atomic mass is 79.9. The van der Waals surface area contributed by atoms with E-state index in [1.54, 1.807) is 13.2 Å². The fourth-order valence-corrected chi connectivity index (χ4v) is 1.68. The molecule has 1 aromatic carbocycles. The van der Waals surface area contributed by atoms with Gasteiger partial charge < -0.3 is 14.6 Å². The van der Waals surface area contributed by atoms with Crippen molar-refractivity contribution in [2.45, 2.75) is 19.6 Å². The molecule has 0 aliphatic rings. The van der Waals surface area contributed by atoms with Crippen molar-refractivity contribution in [2.24, 2.45) is 0 Å². The molecule has 0 saturated carbocycles. The fraction of sp³-hybridized carbons (Fsp3) is 0.364. The van der Waals surface area contributed by atoms with E-state index < -0.39 is 12.1 Å². The highest BCUT2D eigenvalue weighted by Gasteiger charge is 2.11. The van der Waals surface area contributed by atoms with Crippen LogP contribution in [-0.4, -0.2) is 24.3 Å². The number of carboxylic acids is 1. The van der Waals surface area contributed by atoms with Crippen LogP contribution in [0.2, 0.25) is 0 Å². The van der Waals surface area contributed by atoms with E-state index in [0.717, 1.165) is 15.8 Å². The topological polar surface area (TPSA) is 55.8 Å². The predicted octanol–water partition coefficient (Wildman–Crippen LogP) is 2.45. The lowest BCUT2D eigenvalue weighted by Gasteiger charge is -2.09. The van der Waals surface area contributed by atoms with E-state index in [2.05, 4.69) is 15.9 Å². The molecule has 4 nitrogen and oxygen atoms in total. The van der Waals surface area contributed by atoms with Crippen LogP contribution in [0.5, 0.6) is 5.75 Å². The number of carboxylic acid groups (broad SMARTS) is 1. The number of ether oxygens (including phenoxy) is 2. The second-order valence-corrected chi connectivity index (χ2v) is 4.11. The summed E-state index contributed by atoms with van der Waals surface area (Å²) in [4.78, 5) is 10.5. The van der Waals surface area contributed by atoms with Crippen LogP contribution in [0, 0.1) is 0 Å². The van der Waals surface area contributed by atoms with E-state index in [1.165, 1.54) is 6.92 Å². The molecule has 1 rings (SSSR count). The molecule has 16 heavy (non-hydrogen) atoms. The number of hydrogen-bond acceptors (Lipinski definition) is 3. The molecule has 1 N–H and O–H groups in total. The molecule has 0 aliphatic heterocycles. The maximum atomic E-state index is 10.5. The Morgan fingerprint density at radius 1 is 1.56 bits per heavy atom. The normalized spacial score (nSPS) is 12.2. The van der Waals surface area contributed by atoms with Gasteiger partial charge in [0.1, 0.15) is 5.75 Å². The number of rotatable bonds is 5. The predicted molar refractivity (Wildman–Crippen MR) is 62.6 cm³/mol. The first-order chi connectivity index (χ1) is 7.54. The summed E-state index contributed by atoms with van der Waals surface area (Å²) in [6.07, 6.45) is -0.805. The van der Waals surface area contributed by atoms with Gasteiger partial charge in [0.2, 0.25) is 0 Å². The van der Waals surface area contributed by atoms with Gasteiger partial charge in [-0.05, 0) is 40.5 Å². The minimum Gasteiger partial charge on any atom is -0.496 e. The van der Waals surface area contributed by atoms with Crippen LogP contribution in [0.3, 0.4) is 0 Å². The standard InChI is InChI=1S/C11H13BrO4/c1-7(11(13)14)16-6-8-3-4-10(15-2)9(12)5-8/h3-5,7H,6H2,1-2H3,(H,13,14)/t7-/m0/s1. The summed E-state index contributed by atoms with van der Waals surface area (Å²) in [6.45, 7) is 1.76. The number of benzene rings is 1. The van der Waals surface area contributed by atoms with Crippen LogP contribution in [-0.2, 0) is 16.1 Å². The van der Waals surface area contributed by atoms with Crippen LogP contribution in [0.1, 0.15) is 12.5 Å². The van der Waals surface area contributed by atoms with Gasteiger partial charge in [-0.25, -0.2) is 4.79 Å². The van der Waals surface area contributed by atoms with E-state index in [-0.39, 0.29) is 6.61 Å². The van der Waals surface area contributed by atoms with Crippen molar-refractivity contribution in [2.75, 3.05) is 7.11 Å². The first kappa shape index (κ1) is 13.0. The molecule has 88 valence electrons. The summed E-state index contributed by atoms with van der Waals surface area (Å²) in [5.74, 6) is -0.234. The highest BCUT2D eigenvalue weighted by molar-refractivity contribution is 9.10. The zero-order chi connectivity index (χ0) is 12.1. The van der Waals surface area contributed by atoms with Crippen molar-refractivity contribution < 1.29 is 19.4 Å². The number of methoxy groups -OCH3 is 1. The van der Waals surface area contributed by atoms with Gasteiger partial charge in [-0.3, -0.25) is 0 Å². The van der Waals surface area contributed by atoms with E-state index in [0.29, 0.717) is 0 Å². The van der Waals surface area contributed by atoms with Crippen molar-refractivity contribution in [1.29, 1.82) is 0 Å². The minimum absolute atomic E-state index is 0.260. The maximum Gasteiger partial charge on any atom is 0.332 e. The number of aliphatic carboxylic acids is 1. The third-order valence-electron chi connectivity index (χ3n) is 2.06. The molecule has 0 fully saturated rings. The maximum absolute atomic E-state index is 10.5. The Balaban J connectivity index is 2.62. The molecule has 0 heterocycles. The average Bonchev–Trinajstić information content (AvgIpc) is 2.25. The largest absolute Gasteiger partial charge is 0.496 e. The molecule has 0 spiro atoms. The first-order valence-electron chi connectivity index (χ1n) is 4.71. The van der Waals surface area contributed by atoms with Gasteiger partial charge >= 0.3 is 5.97 Å². The molecular formula is C11H13BrO4. The van der Waals surface area contributed by atoms with Crippen LogP contribution < -0.4 is 4.74 Å². The van der Waals surface area contributed by atoms with E-state index in [4.69, 9.17) is 14.6 Å². The molecule has 0 radical (unpaired) electrons. The molecular weight excluding hydrogens is 276 g/mol. The Morgan fingerprint density at radius 2 is 2.25 bits per heavy atom. The fourth-order valence-electron chi connectivity index (χ4n) is 1.09. The second-order valence-electron chi connectivity index (χ2n) is 3.26. The molecule has 1 aromatic rings. The lowest BCUT2D eigenvalue weighted by molar-refractivity contribution is -0.149. The van der Waals surface area contributed by atoms with Crippen molar-refractivity contribution >= 4 is 21.9 Å². The zero-order valence-electron chi connectivity index (χ0n) is 9.07. The number of halogens is 1. The SMILES string of the molecule is COc1ccc(CO[C@@H](C)C(=O)O)cc1Br. The van der Waals surface area contributed by atoms with Gasteiger partial charge in [-0.1, -0.05) is 6.07 Å². The monoisotopic (exact) mass is 288 g/mol. The summed E-state index contributed by atoms with van der Waals surface area (Å²) in [5, 5.41) is 8.64. The molecule has 0 saturated heterocycles. The van der Waals surface area contributed by atoms with Gasteiger partial charge in [0, 0.05) is 0 Å².